The maximum Gasteiger partial charge on any atom is 0.133 e. The van der Waals surface area contributed by atoms with Gasteiger partial charge >= 0.3 is 0 Å². The van der Waals surface area contributed by atoms with Crippen LogP contribution in [-0.2, 0) is 0 Å². The molecule has 0 unspecified atom stereocenters. The number of methoxy groups -OCH3 is 2. The minimum atomic E-state index is 0. The molecule has 8 aromatic carbocycles. The van der Waals surface area contributed by atoms with Crippen molar-refractivity contribution in [1.29, 1.82) is 0 Å². The van der Waals surface area contributed by atoms with Crippen LogP contribution in [0.25, 0.3) is 44.5 Å². The van der Waals surface area contributed by atoms with Crippen LogP contribution in [-0.4, -0.2) is 56.3 Å². The molecule has 0 spiro atoms. The molecule has 589 valence electrons. The van der Waals surface area contributed by atoms with E-state index in [9.17, 15) is 15.3 Å². The zero-order valence-electron chi connectivity index (χ0n) is 71.4. The molecule has 0 aromatic heterocycles. The predicted molar refractivity (Wildman–Crippen MR) is 499 cm³/mol. The fraction of sp³-hybridized carbons (Fsp3) is 0.495. The highest BCUT2D eigenvalue weighted by atomic mass is 127. The van der Waals surface area contributed by atoms with E-state index in [4.69, 9.17) is 23.7 Å². The van der Waals surface area contributed by atoms with Gasteiger partial charge in [-0.05, 0) is 340 Å². The Hall–Kier alpha value is -4.86. The quantitative estimate of drug-likeness (QED) is 0.0312. The minimum absolute atomic E-state index is 0. The average Bonchev–Trinajstić information content (AvgIpc) is 0.778. The number of hydrogen-bond acceptors (Lipinski definition) is 8. The topological polar surface area (TPSA) is 107 Å². The lowest BCUT2D eigenvalue weighted by Crippen LogP contribution is -2.12. The fourth-order valence-corrected chi connectivity index (χ4v) is 16.6. The molecule has 0 fully saturated rings. The lowest BCUT2D eigenvalue weighted by molar-refractivity contribution is 0.234. The highest BCUT2D eigenvalue weighted by Crippen LogP contribution is 2.52. The van der Waals surface area contributed by atoms with Crippen molar-refractivity contribution in [2.24, 2.45) is 0 Å². The molecule has 0 bridgehead atoms. The van der Waals surface area contributed by atoms with E-state index in [1.807, 2.05) is 18.2 Å². The summed E-state index contributed by atoms with van der Waals surface area (Å²) in [5.74, 6) is 10.2. The molecule has 8 nitrogen and oxygen atoms in total. The molecule has 8 aromatic rings. The molecule has 108 heavy (non-hydrogen) atoms. The van der Waals surface area contributed by atoms with Gasteiger partial charge < -0.3 is 39.0 Å². The second kappa shape index (κ2) is 42.3. The molecular formula is C95H130BI4O8. The van der Waals surface area contributed by atoms with Crippen LogP contribution in [0.2, 0.25) is 0 Å². The number of hydrogen-bond donors (Lipinski definition) is 3. The summed E-state index contributed by atoms with van der Waals surface area (Å²) < 4.78 is 33.9. The number of phenolic OH excluding ortho intramolecular Hbond substituents is 3. The summed E-state index contributed by atoms with van der Waals surface area (Å²) in [6.45, 7) is 66.3. The molecule has 13 heteroatoms. The Balaban J connectivity index is 0.000000304. The Labute approximate surface area is 710 Å². The van der Waals surface area contributed by atoms with Gasteiger partial charge in [0.2, 0.25) is 0 Å². The molecule has 0 aliphatic rings. The van der Waals surface area contributed by atoms with E-state index in [0.29, 0.717) is 80.3 Å². The van der Waals surface area contributed by atoms with Crippen molar-refractivity contribution in [2.45, 2.75) is 297 Å². The molecule has 0 amide bonds. The minimum Gasteiger partial charge on any atom is -0.507 e. The number of ether oxygens (including phenoxy) is 5. The van der Waals surface area contributed by atoms with Crippen molar-refractivity contribution < 1.29 is 39.0 Å². The zero-order valence-corrected chi connectivity index (χ0v) is 80.0. The normalized spacial score (nSPS) is 11.7. The van der Waals surface area contributed by atoms with Gasteiger partial charge in [-0.2, -0.15) is 0 Å². The second-order valence-electron chi connectivity index (χ2n) is 33.1. The van der Waals surface area contributed by atoms with E-state index in [1.165, 1.54) is 89.0 Å². The van der Waals surface area contributed by atoms with Gasteiger partial charge in [-0.15, -0.1) is 0 Å². The molecule has 0 aliphatic heterocycles. The lowest BCUT2D eigenvalue weighted by Gasteiger charge is -2.27. The van der Waals surface area contributed by atoms with Crippen molar-refractivity contribution in [3.8, 4) is 90.5 Å². The highest BCUT2D eigenvalue weighted by Gasteiger charge is 2.30. The van der Waals surface area contributed by atoms with Crippen molar-refractivity contribution in [3.05, 3.63) is 178 Å². The highest BCUT2D eigenvalue weighted by molar-refractivity contribution is 14.1. The average molecular weight is 1920 g/mol. The summed E-state index contributed by atoms with van der Waals surface area (Å²) in [4.78, 5) is 0. The molecule has 0 saturated heterocycles. The largest absolute Gasteiger partial charge is 0.507 e. The second-order valence-corrected chi connectivity index (χ2v) is 37.4. The lowest BCUT2D eigenvalue weighted by atomic mass is 9.81. The summed E-state index contributed by atoms with van der Waals surface area (Å²) in [7, 11) is 3.45. The maximum atomic E-state index is 10.5. The number of rotatable bonds is 24. The maximum absolute atomic E-state index is 10.5. The molecule has 8 rings (SSSR count). The smallest absolute Gasteiger partial charge is 0.133 e. The van der Waals surface area contributed by atoms with E-state index >= 15 is 0 Å². The SMILES string of the molecule is CC(C)Oc1ccc(OC(C)C)c(-c2c(C(C)C)cc(C(C)C)cc2C(C)C)c1I.CC(C)c1cc(C(C)C)c(-c2c(O)ccc(O)c2I)c(C(C)C)c1.COc1ccc(O)c(I)c1-c1c(C(C)C)cc(C(C)C)cc1C(C)C.COc1ccc(OC(C)C)c(I)c1-c1c(C(C)C)cc(C(C)C)cc1C(C)C.[B]. The molecule has 0 aliphatic carbocycles. The van der Waals surface area contributed by atoms with Gasteiger partial charge in [0.15, 0.2) is 0 Å². The predicted octanol–water partition coefficient (Wildman–Crippen LogP) is 30.4. The Morgan fingerprint density at radius 3 is 0.648 bits per heavy atom. The molecule has 0 saturated carbocycles. The summed E-state index contributed by atoms with van der Waals surface area (Å²) in [6.07, 6.45) is 0.365. The first-order valence-corrected chi connectivity index (χ1v) is 43.3. The van der Waals surface area contributed by atoms with Crippen LogP contribution < -0.4 is 23.7 Å². The summed E-state index contributed by atoms with van der Waals surface area (Å²) in [6, 6.07) is 33.7. The monoisotopic (exact) mass is 1920 g/mol. The third-order valence-electron chi connectivity index (χ3n) is 19.4. The van der Waals surface area contributed by atoms with Crippen LogP contribution in [0.3, 0.4) is 0 Å². The van der Waals surface area contributed by atoms with E-state index in [0.717, 1.165) is 61.7 Å². The Bertz CT molecular complexity index is 4170. The first-order chi connectivity index (χ1) is 49.8. The molecule has 0 atom stereocenters. The van der Waals surface area contributed by atoms with Gasteiger partial charge in [-0.3, -0.25) is 0 Å². The Kier molecular flexibility index (Phi) is 37.4. The van der Waals surface area contributed by atoms with Crippen molar-refractivity contribution >= 4 is 98.8 Å². The third kappa shape index (κ3) is 23.6. The van der Waals surface area contributed by atoms with Crippen LogP contribution in [0, 0.1) is 14.3 Å². The molecule has 3 N–H and O–H groups in total. The van der Waals surface area contributed by atoms with E-state index < -0.39 is 0 Å². The van der Waals surface area contributed by atoms with Crippen LogP contribution in [0.15, 0.2) is 97.1 Å². The summed E-state index contributed by atoms with van der Waals surface area (Å²) >= 11 is 9.23. The van der Waals surface area contributed by atoms with Crippen LogP contribution in [0.5, 0.6) is 46.0 Å². The molecule has 0 heterocycles. The first kappa shape index (κ1) is 95.5. The van der Waals surface area contributed by atoms with Gasteiger partial charge in [0, 0.05) is 30.7 Å². The van der Waals surface area contributed by atoms with E-state index in [2.05, 4.69) is 359 Å². The Morgan fingerprint density at radius 1 is 0.222 bits per heavy atom. The standard InChI is InChI=1S/C27H39IO2.C25H35IO2.C22H29IO2.C21H27IO2.B/c1-15(2)20-13-21(16(3)4)25(22(14-20)17(5)6)26-23(29-18(7)8)11-12-24(27(26)28)30-19(9)10;1-14(2)18-12-19(15(3)4)23(20(13-18)16(5)6)24-21(27-9)10-11-22(25(24)26)28-17(7)8;1-12(2)15-10-16(13(3)4)20(17(11-15)14(5)6)21-19(25-7)9-8-18(24)22(21)23;1-11(2)14-9-15(12(3)4)19(16(10-14)13(5)6)20-17(23)7-8-18(24)21(20)22;/h11-19H,1-10H3;10-17H,1-9H3;8-14,24H,1-7H3;7-13,23-24H,1-6H3;. The van der Waals surface area contributed by atoms with Gasteiger partial charge in [0.25, 0.3) is 0 Å². The Morgan fingerprint density at radius 2 is 0.407 bits per heavy atom. The van der Waals surface area contributed by atoms with E-state index in [1.54, 1.807) is 32.4 Å². The zero-order chi connectivity index (χ0) is 81.0. The summed E-state index contributed by atoms with van der Waals surface area (Å²) in [5.41, 5.74) is 25.1. The number of aromatic hydroxyl groups is 3. The molecule has 3 radical (unpaired) electrons. The number of halogens is 4. The molecular weight excluding hydrogens is 1790 g/mol. The van der Waals surface area contributed by atoms with Crippen molar-refractivity contribution in [3.63, 3.8) is 0 Å². The third-order valence-corrected chi connectivity index (χ3v) is 23.7. The first-order valence-electron chi connectivity index (χ1n) is 39.0. The fourth-order valence-electron chi connectivity index (χ4n) is 13.5. The van der Waals surface area contributed by atoms with Crippen molar-refractivity contribution in [2.75, 3.05) is 14.2 Å². The van der Waals surface area contributed by atoms with Gasteiger partial charge in [0.05, 0.1) is 46.8 Å². The number of benzene rings is 8. The van der Waals surface area contributed by atoms with Crippen LogP contribution in [0.1, 0.15) is 345 Å². The van der Waals surface area contributed by atoms with Crippen LogP contribution >= 0.6 is 90.4 Å². The van der Waals surface area contributed by atoms with Gasteiger partial charge in [0.1, 0.15) is 46.0 Å². The van der Waals surface area contributed by atoms with Gasteiger partial charge in [-0.1, -0.05) is 215 Å². The van der Waals surface area contributed by atoms with Gasteiger partial charge in [-0.25, -0.2) is 0 Å². The summed E-state index contributed by atoms with van der Waals surface area (Å²) in [5, 5.41) is 31.0. The van der Waals surface area contributed by atoms with Crippen molar-refractivity contribution in [1.82, 2.24) is 0 Å². The number of phenols is 3. The van der Waals surface area contributed by atoms with E-state index in [-0.39, 0.29) is 38.2 Å². The van der Waals surface area contributed by atoms with Crippen LogP contribution in [0.4, 0.5) is 0 Å².